The van der Waals surface area contributed by atoms with Crippen molar-refractivity contribution in [2.75, 3.05) is 13.1 Å². The molecule has 6 heteroatoms. The molecule has 1 aliphatic rings. The standard InChI is InChI=1S/C18H26N4O2/c1-3-22-16(9-10-19-22)14(2)20-18(23)17-8-7-15(24-17)13-21-11-5-4-6-12-21/h7-10,14H,3-6,11-13H2,1-2H3,(H,20,23). The van der Waals surface area contributed by atoms with E-state index < -0.39 is 0 Å². The maximum absolute atomic E-state index is 12.4. The van der Waals surface area contributed by atoms with Crippen molar-refractivity contribution >= 4 is 5.91 Å². The Hall–Kier alpha value is -2.08. The second-order valence-electron chi connectivity index (χ2n) is 6.37. The fraction of sp³-hybridized carbons (Fsp3) is 0.556. The van der Waals surface area contributed by atoms with Crippen molar-refractivity contribution in [1.29, 1.82) is 0 Å². The van der Waals surface area contributed by atoms with E-state index in [1.54, 1.807) is 12.3 Å². The first kappa shape index (κ1) is 16.8. The van der Waals surface area contributed by atoms with E-state index in [1.165, 1.54) is 19.3 Å². The highest BCUT2D eigenvalue weighted by atomic mass is 16.4. The largest absolute Gasteiger partial charge is 0.455 e. The third-order valence-corrected chi connectivity index (χ3v) is 4.55. The van der Waals surface area contributed by atoms with Crippen molar-refractivity contribution in [3.63, 3.8) is 0 Å². The van der Waals surface area contributed by atoms with Gasteiger partial charge in [-0.2, -0.15) is 5.10 Å². The van der Waals surface area contributed by atoms with Gasteiger partial charge in [0.25, 0.3) is 5.91 Å². The van der Waals surface area contributed by atoms with Crippen molar-refractivity contribution in [2.24, 2.45) is 0 Å². The highest BCUT2D eigenvalue weighted by molar-refractivity contribution is 5.91. The SMILES string of the molecule is CCn1nccc1C(C)NC(=O)c1ccc(CN2CCCCC2)o1. The van der Waals surface area contributed by atoms with Gasteiger partial charge in [0.05, 0.1) is 18.3 Å². The molecule has 0 saturated carbocycles. The number of aryl methyl sites for hydroxylation is 1. The summed E-state index contributed by atoms with van der Waals surface area (Å²) in [6.07, 6.45) is 5.56. The Morgan fingerprint density at radius 1 is 1.29 bits per heavy atom. The predicted octanol–water partition coefficient (Wildman–Crippen LogP) is 2.97. The number of carbonyl (C=O) groups is 1. The summed E-state index contributed by atoms with van der Waals surface area (Å²) >= 11 is 0. The zero-order chi connectivity index (χ0) is 16.9. The summed E-state index contributed by atoms with van der Waals surface area (Å²) in [7, 11) is 0. The summed E-state index contributed by atoms with van der Waals surface area (Å²) in [5.74, 6) is 1.04. The van der Waals surface area contributed by atoms with E-state index in [-0.39, 0.29) is 11.9 Å². The maximum Gasteiger partial charge on any atom is 0.287 e. The summed E-state index contributed by atoms with van der Waals surface area (Å²) in [5.41, 5.74) is 0.992. The topological polar surface area (TPSA) is 63.3 Å². The van der Waals surface area contributed by atoms with Gasteiger partial charge in [-0.1, -0.05) is 6.42 Å². The van der Waals surface area contributed by atoms with Crippen molar-refractivity contribution in [1.82, 2.24) is 20.0 Å². The number of rotatable bonds is 6. The molecule has 0 radical (unpaired) electrons. The van der Waals surface area contributed by atoms with Gasteiger partial charge in [-0.15, -0.1) is 0 Å². The van der Waals surface area contributed by atoms with E-state index >= 15 is 0 Å². The van der Waals surface area contributed by atoms with Gasteiger partial charge in [-0.25, -0.2) is 0 Å². The van der Waals surface area contributed by atoms with Crippen molar-refractivity contribution in [3.8, 4) is 0 Å². The van der Waals surface area contributed by atoms with Gasteiger partial charge in [0, 0.05) is 12.7 Å². The van der Waals surface area contributed by atoms with E-state index in [1.807, 2.05) is 30.7 Å². The molecule has 1 amide bonds. The molecule has 2 aromatic rings. The Morgan fingerprint density at radius 2 is 2.08 bits per heavy atom. The van der Waals surface area contributed by atoms with Crippen LogP contribution >= 0.6 is 0 Å². The average Bonchev–Trinajstić information content (AvgIpc) is 3.24. The molecule has 1 aliphatic heterocycles. The third-order valence-electron chi connectivity index (χ3n) is 4.55. The number of hydrogen-bond donors (Lipinski definition) is 1. The first-order valence-electron chi connectivity index (χ1n) is 8.81. The highest BCUT2D eigenvalue weighted by Gasteiger charge is 2.18. The van der Waals surface area contributed by atoms with Gasteiger partial charge in [0.1, 0.15) is 5.76 Å². The fourth-order valence-electron chi connectivity index (χ4n) is 3.24. The molecule has 2 aromatic heterocycles. The van der Waals surface area contributed by atoms with Gasteiger partial charge in [-0.3, -0.25) is 14.4 Å². The van der Waals surface area contributed by atoms with E-state index in [0.29, 0.717) is 5.76 Å². The summed E-state index contributed by atoms with van der Waals surface area (Å²) in [6.45, 7) is 7.78. The number of carbonyl (C=O) groups excluding carboxylic acids is 1. The molecule has 3 heterocycles. The number of amides is 1. The summed E-state index contributed by atoms with van der Waals surface area (Å²) < 4.78 is 7.63. The summed E-state index contributed by atoms with van der Waals surface area (Å²) in [6, 6.07) is 5.48. The Labute approximate surface area is 142 Å². The molecule has 130 valence electrons. The molecule has 1 N–H and O–H groups in total. The Morgan fingerprint density at radius 3 is 2.83 bits per heavy atom. The molecule has 6 nitrogen and oxygen atoms in total. The number of nitrogens with zero attached hydrogens (tertiary/aromatic N) is 3. The molecule has 0 spiro atoms. The number of aromatic nitrogens is 2. The zero-order valence-electron chi connectivity index (χ0n) is 14.5. The smallest absolute Gasteiger partial charge is 0.287 e. The lowest BCUT2D eigenvalue weighted by Crippen LogP contribution is -2.29. The summed E-state index contributed by atoms with van der Waals surface area (Å²) in [4.78, 5) is 14.8. The van der Waals surface area contributed by atoms with Crippen molar-refractivity contribution in [3.05, 3.63) is 41.6 Å². The third kappa shape index (κ3) is 3.87. The molecule has 3 rings (SSSR count). The Balaban J connectivity index is 1.59. The number of hydrogen-bond acceptors (Lipinski definition) is 4. The van der Waals surface area contributed by atoms with Gasteiger partial charge < -0.3 is 9.73 Å². The van der Waals surface area contributed by atoms with Gasteiger partial charge >= 0.3 is 0 Å². The second kappa shape index (κ2) is 7.66. The number of likely N-dealkylation sites (tertiary alicyclic amines) is 1. The van der Waals surface area contributed by atoms with Crippen LogP contribution < -0.4 is 5.32 Å². The predicted molar refractivity (Wildman–Crippen MR) is 91.6 cm³/mol. The van der Waals surface area contributed by atoms with E-state index in [4.69, 9.17) is 4.42 Å². The molecule has 0 aromatic carbocycles. The van der Waals surface area contributed by atoms with Crippen molar-refractivity contribution in [2.45, 2.75) is 52.2 Å². The van der Waals surface area contributed by atoms with Crippen LogP contribution in [0.1, 0.15) is 61.2 Å². The van der Waals surface area contributed by atoms with Gasteiger partial charge in [-0.05, 0) is 58.0 Å². The molecule has 0 aliphatic carbocycles. The number of nitrogens with one attached hydrogen (secondary N) is 1. The lowest BCUT2D eigenvalue weighted by molar-refractivity contribution is 0.0905. The molecule has 24 heavy (non-hydrogen) atoms. The average molecular weight is 330 g/mol. The van der Waals surface area contributed by atoms with Crippen LogP contribution in [0.25, 0.3) is 0 Å². The lowest BCUT2D eigenvalue weighted by Gasteiger charge is -2.25. The molecule has 0 bridgehead atoms. The minimum absolute atomic E-state index is 0.115. The number of furan rings is 1. The zero-order valence-corrected chi connectivity index (χ0v) is 14.5. The summed E-state index contributed by atoms with van der Waals surface area (Å²) in [5, 5.41) is 7.22. The lowest BCUT2D eigenvalue weighted by atomic mass is 10.1. The van der Waals surface area contributed by atoms with Crippen LogP contribution in [0.15, 0.2) is 28.8 Å². The molecular weight excluding hydrogens is 304 g/mol. The Bertz CT molecular complexity index is 670. The van der Waals surface area contributed by atoms with Crippen LogP contribution in [0.4, 0.5) is 0 Å². The van der Waals surface area contributed by atoms with Crippen LogP contribution in [-0.2, 0) is 13.1 Å². The molecule has 1 atom stereocenters. The maximum atomic E-state index is 12.4. The normalized spacial score (nSPS) is 16.9. The molecule has 1 unspecified atom stereocenters. The molecule has 1 saturated heterocycles. The van der Waals surface area contributed by atoms with E-state index in [0.717, 1.165) is 37.6 Å². The minimum Gasteiger partial charge on any atom is -0.455 e. The first-order valence-corrected chi connectivity index (χ1v) is 8.81. The second-order valence-corrected chi connectivity index (χ2v) is 6.37. The highest BCUT2D eigenvalue weighted by Crippen LogP contribution is 2.17. The van der Waals surface area contributed by atoms with Gasteiger partial charge in [0.15, 0.2) is 5.76 Å². The van der Waals surface area contributed by atoms with E-state index in [2.05, 4.69) is 15.3 Å². The quantitative estimate of drug-likeness (QED) is 0.884. The number of piperidine rings is 1. The fourth-order valence-corrected chi connectivity index (χ4v) is 3.24. The van der Waals surface area contributed by atoms with Crippen LogP contribution in [0, 0.1) is 0 Å². The van der Waals surface area contributed by atoms with Crippen LogP contribution in [0.3, 0.4) is 0 Å². The van der Waals surface area contributed by atoms with Gasteiger partial charge in [0.2, 0.25) is 0 Å². The monoisotopic (exact) mass is 330 g/mol. The van der Waals surface area contributed by atoms with Crippen LogP contribution in [0.5, 0.6) is 0 Å². The molecule has 1 fully saturated rings. The first-order chi connectivity index (χ1) is 11.7. The van der Waals surface area contributed by atoms with E-state index in [9.17, 15) is 4.79 Å². The molecular formula is C18H26N4O2. The van der Waals surface area contributed by atoms with Crippen LogP contribution in [-0.4, -0.2) is 33.7 Å². The minimum atomic E-state index is -0.184. The van der Waals surface area contributed by atoms with Crippen LogP contribution in [0.2, 0.25) is 0 Å². The Kier molecular flexibility index (Phi) is 5.35. The van der Waals surface area contributed by atoms with Crippen molar-refractivity contribution < 1.29 is 9.21 Å².